The van der Waals surface area contributed by atoms with Crippen LogP contribution < -0.4 is 0 Å². The van der Waals surface area contributed by atoms with Crippen LogP contribution in [0.1, 0.15) is 36.2 Å². The Balaban J connectivity index is 1.84. The van der Waals surface area contributed by atoms with Crippen molar-refractivity contribution in [2.45, 2.75) is 43.9 Å². The summed E-state index contributed by atoms with van der Waals surface area (Å²) in [4.78, 5) is 14.1. The second kappa shape index (κ2) is 3.59. The Morgan fingerprint density at radius 2 is 2.12 bits per heavy atom. The topological polar surface area (TPSA) is 69.2 Å². The Kier molecular flexibility index (Phi) is 2.21. The van der Waals surface area contributed by atoms with Crippen LogP contribution in [0.25, 0.3) is 0 Å². The maximum atomic E-state index is 12.2. The maximum Gasteiger partial charge on any atom is 0.272 e. The van der Waals surface area contributed by atoms with Gasteiger partial charge in [-0.25, -0.2) is 0 Å². The fourth-order valence-electron chi connectivity index (χ4n) is 2.99. The number of aliphatic hydroxyl groups excluding tert-OH is 1. The zero-order valence-electron chi connectivity index (χ0n) is 8.97. The number of aromatic nitrogens is 2. The van der Waals surface area contributed by atoms with Crippen LogP contribution in [0.15, 0.2) is 12.3 Å². The van der Waals surface area contributed by atoms with Crippen molar-refractivity contribution in [3.8, 4) is 0 Å². The predicted octanol–water partition coefficient (Wildman–Crippen LogP) is 0.538. The highest BCUT2D eigenvalue weighted by Crippen LogP contribution is 2.36. The number of nitrogens with one attached hydrogen (secondary N) is 1. The molecule has 0 spiro atoms. The van der Waals surface area contributed by atoms with Crippen molar-refractivity contribution in [1.82, 2.24) is 15.1 Å². The highest BCUT2D eigenvalue weighted by atomic mass is 16.3. The van der Waals surface area contributed by atoms with Gasteiger partial charge in [0.2, 0.25) is 0 Å². The van der Waals surface area contributed by atoms with Gasteiger partial charge in [-0.15, -0.1) is 0 Å². The molecule has 16 heavy (non-hydrogen) atoms. The third kappa shape index (κ3) is 1.43. The zero-order chi connectivity index (χ0) is 11.1. The summed E-state index contributed by atoms with van der Waals surface area (Å²) >= 11 is 0. The van der Waals surface area contributed by atoms with Gasteiger partial charge in [0, 0.05) is 18.3 Å². The minimum atomic E-state index is -0.233. The lowest BCUT2D eigenvalue weighted by atomic mass is 9.99. The zero-order valence-corrected chi connectivity index (χ0v) is 8.97. The van der Waals surface area contributed by atoms with E-state index in [1.54, 1.807) is 12.3 Å². The van der Waals surface area contributed by atoms with Crippen molar-refractivity contribution in [1.29, 1.82) is 0 Å². The second-order valence-electron chi connectivity index (χ2n) is 4.69. The first-order valence-electron chi connectivity index (χ1n) is 5.76. The quantitative estimate of drug-likeness (QED) is 0.727. The highest BCUT2D eigenvalue weighted by Gasteiger charge is 2.43. The van der Waals surface area contributed by atoms with E-state index < -0.39 is 0 Å². The summed E-state index contributed by atoms with van der Waals surface area (Å²) in [5.74, 6) is 0.0249. The van der Waals surface area contributed by atoms with E-state index in [9.17, 15) is 9.90 Å². The number of H-pyrrole nitrogens is 1. The Morgan fingerprint density at radius 1 is 1.44 bits per heavy atom. The Morgan fingerprint density at radius 3 is 2.69 bits per heavy atom. The first-order valence-corrected chi connectivity index (χ1v) is 5.76. The minimum Gasteiger partial charge on any atom is -0.393 e. The van der Waals surface area contributed by atoms with Crippen LogP contribution >= 0.6 is 0 Å². The number of nitrogens with zero attached hydrogens (tertiary/aromatic N) is 2. The Labute approximate surface area is 93.5 Å². The lowest BCUT2D eigenvalue weighted by Crippen LogP contribution is -2.48. The molecule has 1 amide bonds. The molecule has 0 saturated carbocycles. The molecule has 2 bridgehead atoms. The molecular weight excluding hydrogens is 206 g/mol. The summed E-state index contributed by atoms with van der Waals surface area (Å²) < 4.78 is 0. The summed E-state index contributed by atoms with van der Waals surface area (Å²) in [7, 11) is 0. The third-order valence-corrected chi connectivity index (χ3v) is 3.67. The first kappa shape index (κ1) is 9.84. The van der Waals surface area contributed by atoms with E-state index in [4.69, 9.17) is 0 Å². The van der Waals surface area contributed by atoms with E-state index in [0.29, 0.717) is 5.69 Å². The third-order valence-electron chi connectivity index (χ3n) is 3.67. The molecule has 2 atom stereocenters. The average Bonchev–Trinajstić information content (AvgIpc) is 2.85. The lowest BCUT2D eigenvalue weighted by Gasteiger charge is -2.36. The summed E-state index contributed by atoms with van der Waals surface area (Å²) in [6, 6.07) is 2.13. The molecular formula is C11H15N3O2. The van der Waals surface area contributed by atoms with Gasteiger partial charge in [-0.1, -0.05) is 0 Å². The predicted molar refractivity (Wildman–Crippen MR) is 56.8 cm³/mol. The van der Waals surface area contributed by atoms with Crippen molar-refractivity contribution in [3.63, 3.8) is 0 Å². The smallest absolute Gasteiger partial charge is 0.272 e. The van der Waals surface area contributed by atoms with E-state index in [1.165, 1.54) is 0 Å². The van der Waals surface area contributed by atoms with E-state index in [2.05, 4.69) is 10.2 Å². The van der Waals surface area contributed by atoms with E-state index in [-0.39, 0.29) is 24.1 Å². The van der Waals surface area contributed by atoms with Crippen LogP contribution in [0.5, 0.6) is 0 Å². The van der Waals surface area contributed by atoms with Crippen molar-refractivity contribution in [2.24, 2.45) is 0 Å². The molecule has 5 nitrogen and oxygen atoms in total. The van der Waals surface area contributed by atoms with Gasteiger partial charge in [0.1, 0.15) is 5.69 Å². The molecule has 1 aromatic rings. The Hall–Kier alpha value is -1.36. The molecule has 2 N–H and O–H groups in total. The van der Waals surface area contributed by atoms with Crippen molar-refractivity contribution >= 4 is 5.91 Å². The van der Waals surface area contributed by atoms with Gasteiger partial charge in [0.25, 0.3) is 5.91 Å². The second-order valence-corrected chi connectivity index (χ2v) is 4.69. The molecule has 2 fully saturated rings. The van der Waals surface area contributed by atoms with Gasteiger partial charge in [0.15, 0.2) is 0 Å². The standard InChI is InChI=1S/C11H15N3O2/c15-9-5-7-1-2-8(6-9)14(7)11(16)10-3-4-12-13-10/h3-4,7-9,15H,1-2,5-6H2,(H,12,13). The lowest BCUT2D eigenvalue weighted by molar-refractivity contribution is 0.0282. The van der Waals surface area contributed by atoms with E-state index in [0.717, 1.165) is 25.7 Å². The fraction of sp³-hybridized carbons (Fsp3) is 0.636. The van der Waals surface area contributed by atoms with Crippen LogP contribution in [0.4, 0.5) is 0 Å². The largest absolute Gasteiger partial charge is 0.393 e. The maximum absolute atomic E-state index is 12.2. The normalized spacial score (nSPS) is 33.1. The number of fused-ring (bicyclic) bond motifs is 2. The van der Waals surface area contributed by atoms with Gasteiger partial charge in [0.05, 0.1) is 6.10 Å². The SMILES string of the molecule is O=C(c1ccn[nH]1)N1C2CCC1CC(O)C2. The summed E-state index contributed by atoms with van der Waals surface area (Å²) in [6.07, 6.45) is 4.83. The van der Waals surface area contributed by atoms with Crippen LogP contribution in [-0.4, -0.2) is 44.3 Å². The number of aromatic amines is 1. The van der Waals surface area contributed by atoms with Gasteiger partial charge < -0.3 is 10.0 Å². The average molecular weight is 221 g/mol. The first-order chi connectivity index (χ1) is 7.75. The molecule has 3 heterocycles. The molecule has 86 valence electrons. The van der Waals surface area contributed by atoms with E-state index >= 15 is 0 Å². The highest BCUT2D eigenvalue weighted by molar-refractivity contribution is 5.92. The fourth-order valence-corrected chi connectivity index (χ4v) is 2.99. The van der Waals surface area contributed by atoms with Gasteiger partial charge in [-0.3, -0.25) is 9.89 Å². The number of hydrogen-bond donors (Lipinski definition) is 2. The number of piperidine rings is 1. The molecule has 2 aliphatic rings. The number of carbonyl (C=O) groups is 1. The summed E-state index contributed by atoms with van der Waals surface area (Å²) in [6.45, 7) is 0. The van der Waals surface area contributed by atoms with Crippen LogP contribution in [0.2, 0.25) is 0 Å². The molecule has 0 aromatic carbocycles. The molecule has 2 aliphatic heterocycles. The van der Waals surface area contributed by atoms with Crippen LogP contribution in [0.3, 0.4) is 0 Å². The number of rotatable bonds is 1. The van der Waals surface area contributed by atoms with Gasteiger partial charge >= 0.3 is 0 Å². The van der Waals surface area contributed by atoms with Crippen molar-refractivity contribution in [2.75, 3.05) is 0 Å². The van der Waals surface area contributed by atoms with Crippen molar-refractivity contribution in [3.05, 3.63) is 18.0 Å². The van der Waals surface area contributed by atoms with Crippen LogP contribution in [0, 0.1) is 0 Å². The molecule has 2 saturated heterocycles. The molecule has 1 aromatic heterocycles. The minimum absolute atomic E-state index is 0.0249. The van der Waals surface area contributed by atoms with Crippen molar-refractivity contribution < 1.29 is 9.90 Å². The van der Waals surface area contributed by atoms with E-state index in [1.807, 2.05) is 4.90 Å². The molecule has 2 unspecified atom stereocenters. The molecule has 3 rings (SSSR count). The molecule has 0 aliphatic carbocycles. The molecule has 5 heteroatoms. The van der Waals surface area contributed by atoms with Gasteiger partial charge in [-0.05, 0) is 31.7 Å². The van der Waals surface area contributed by atoms with Gasteiger partial charge in [-0.2, -0.15) is 5.10 Å². The van der Waals surface area contributed by atoms with Crippen LogP contribution in [-0.2, 0) is 0 Å². The number of aliphatic hydroxyl groups is 1. The monoisotopic (exact) mass is 221 g/mol. The number of carbonyl (C=O) groups excluding carboxylic acids is 1. The Bertz CT molecular complexity index is 376. The number of hydrogen-bond acceptors (Lipinski definition) is 3. The summed E-state index contributed by atoms with van der Waals surface area (Å²) in [5.41, 5.74) is 0.549. The number of amides is 1. The molecule has 0 radical (unpaired) electrons. The summed E-state index contributed by atoms with van der Waals surface area (Å²) in [5, 5.41) is 16.2.